The molecule has 0 spiro atoms. The van der Waals surface area contributed by atoms with Gasteiger partial charge in [-0.25, -0.2) is 18.8 Å². The molecule has 0 heterocycles. The van der Waals surface area contributed by atoms with E-state index in [1.54, 1.807) is 0 Å². The first kappa shape index (κ1) is 23.0. The fourth-order valence-electron chi connectivity index (χ4n) is 1.39. The fraction of sp³-hybridized carbons (Fsp3) is 0.727. The molecule has 0 amide bonds. The van der Waals surface area contributed by atoms with Gasteiger partial charge in [0.15, 0.2) is 6.67 Å². The lowest BCUT2D eigenvalue weighted by molar-refractivity contribution is -0.168. The molecule has 25 heavy (non-hydrogen) atoms. The lowest BCUT2D eigenvalue weighted by atomic mass is 10.1. The molecule has 146 valence electrons. The SMILES string of the molecule is O=C(F)OCCCC(CCOC(=O)CF)OC(=O)C(F)(F)S(=O)(=O)F. The van der Waals surface area contributed by atoms with Gasteiger partial charge in [0.05, 0.1) is 13.2 Å². The van der Waals surface area contributed by atoms with E-state index in [1.807, 2.05) is 0 Å². The van der Waals surface area contributed by atoms with Crippen molar-refractivity contribution in [1.82, 2.24) is 0 Å². The topological polar surface area (TPSA) is 113 Å². The van der Waals surface area contributed by atoms with Gasteiger partial charge in [-0.2, -0.15) is 17.2 Å². The third-order valence-corrected chi connectivity index (χ3v) is 3.29. The Balaban J connectivity index is 4.77. The maximum Gasteiger partial charge on any atom is 0.495 e. The summed E-state index contributed by atoms with van der Waals surface area (Å²) in [7, 11) is -6.58. The number of hydrogen-bond donors (Lipinski definition) is 0. The molecule has 14 heteroatoms. The number of rotatable bonds is 11. The summed E-state index contributed by atoms with van der Waals surface area (Å²) in [6, 6.07) is 0. The van der Waals surface area contributed by atoms with Gasteiger partial charge in [0.1, 0.15) is 6.10 Å². The molecule has 8 nitrogen and oxygen atoms in total. The molecule has 0 fully saturated rings. The molecule has 1 atom stereocenters. The van der Waals surface area contributed by atoms with Crippen molar-refractivity contribution >= 4 is 28.4 Å². The molecule has 0 radical (unpaired) electrons. The zero-order valence-corrected chi connectivity index (χ0v) is 13.2. The summed E-state index contributed by atoms with van der Waals surface area (Å²) in [6.07, 6.45) is -4.73. The van der Waals surface area contributed by atoms with E-state index in [0.717, 1.165) is 0 Å². The van der Waals surface area contributed by atoms with Crippen LogP contribution in [0.15, 0.2) is 0 Å². The van der Waals surface area contributed by atoms with Gasteiger partial charge < -0.3 is 14.2 Å². The Morgan fingerprint density at radius 3 is 2.12 bits per heavy atom. The van der Waals surface area contributed by atoms with E-state index in [-0.39, 0.29) is 12.8 Å². The van der Waals surface area contributed by atoms with E-state index < -0.39 is 66.1 Å². The molecular formula is C11H13F5O8S. The Morgan fingerprint density at radius 2 is 1.64 bits per heavy atom. The van der Waals surface area contributed by atoms with Crippen molar-refractivity contribution in [3.63, 3.8) is 0 Å². The average Bonchev–Trinajstić information content (AvgIpc) is 2.49. The van der Waals surface area contributed by atoms with Crippen LogP contribution in [0.4, 0.5) is 26.2 Å². The van der Waals surface area contributed by atoms with Crippen molar-refractivity contribution in [2.45, 2.75) is 30.6 Å². The number of hydrogen-bond acceptors (Lipinski definition) is 8. The van der Waals surface area contributed by atoms with Gasteiger partial charge in [-0.3, -0.25) is 0 Å². The highest BCUT2D eigenvalue weighted by Crippen LogP contribution is 2.26. The second kappa shape index (κ2) is 10.1. The standard InChI is InChI=1S/C11H13F5O8S/c12-6-8(17)22-5-3-7(2-1-4-23-10(13)19)24-9(18)11(14,15)25(16,20)21/h7H,1-6H2. The Hall–Kier alpha value is -1.99. The Bertz CT molecular complexity index is 579. The van der Waals surface area contributed by atoms with Crippen molar-refractivity contribution in [2.75, 3.05) is 19.9 Å². The summed E-state index contributed by atoms with van der Waals surface area (Å²) in [6.45, 7) is -2.61. The maximum atomic E-state index is 13.0. The molecule has 0 saturated heterocycles. The van der Waals surface area contributed by atoms with Crippen LogP contribution in [0.5, 0.6) is 0 Å². The number of ether oxygens (including phenoxy) is 3. The van der Waals surface area contributed by atoms with Crippen LogP contribution in [-0.4, -0.2) is 57.8 Å². The van der Waals surface area contributed by atoms with Crippen molar-refractivity contribution in [3.05, 3.63) is 0 Å². The lowest BCUT2D eigenvalue weighted by Crippen LogP contribution is -2.39. The minimum atomic E-state index is -6.58. The Kier molecular flexibility index (Phi) is 9.30. The molecular weight excluding hydrogens is 387 g/mol. The van der Waals surface area contributed by atoms with Gasteiger partial charge in [0.2, 0.25) is 0 Å². The van der Waals surface area contributed by atoms with Crippen LogP contribution in [0, 0.1) is 0 Å². The van der Waals surface area contributed by atoms with E-state index >= 15 is 0 Å². The van der Waals surface area contributed by atoms with Crippen molar-refractivity contribution in [3.8, 4) is 0 Å². The molecule has 0 aromatic carbocycles. The summed E-state index contributed by atoms with van der Waals surface area (Å²) in [5.74, 6) is -4.02. The van der Waals surface area contributed by atoms with Gasteiger partial charge >= 0.3 is 33.6 Å². The molecule has 0 aliphatic heterocycles. The minimum absolute atomic E-state index is 0.224. The first-order valence-corrected chi connectivity index (χ1v) is 7.87. The zero-order valence-electron chi connectivity index (χ0n) is 12.4. The van der Waals surface area contributed by atoms with Crippen LogP contribution < -0.4 is 0 Å². The largest absolute Gasteiger partial charge is 0.495 e. The predicted octanol–water partition coefficient (Wildman–Crippen LogP) is 1.58. The third kappa shape index (κ3) is 8.60. The number of halogens is 5. The first-order valence-electron chi connectivity index (χ1n) is 6.48. The van der Waals surface area contributed by atoms with E-state index in [4.69, 9.17) is 0 Å². The molecule has 0 aromatic heterocycles. The van der Waals surface area contributed by atoms with Crippen LogP contribution in [0.25, 0.3) is 0 Å². The summed E-state index contributed by atoms with van der Waals surface area (Å²) < 4.78 is 94.8. The quantitative estimate of drug-likeness (QED) is 0.169. The van der Waals surface area contributed by atoms with Crippen LogP contribution in [0.2, 0.25) is 0 Å². The summed E-state index contributed by atoms with van der Waals surface area (Å²) in [5, 5.41) is -5.47. The highest BCUT2D eigenvalue weighted by atomic mass is 32.3. The molecule has 0 rings (SSSR count). The van der Waals surface area contributed by atoms with Crippen molar-refractivity contribution < 1.29 is 58.5 Å². The van der Waals surface area contributed by atoms with Crippen molar-refractivity contribution in [1.29, 1.82) is 0 Å². The predicted molar refractivity (Wildman–Crippen MR) is 68.1 cm³/mol. The summed E-state index contributed by atoms with van der Waals surface area (Å²) >= 11 is 0. The highest BCUT2D eigenvalue weighted by Gasteiger charge is 2.56. The molecule has 0 aliphatic rings. The number of carbonyl (C=O) groups excluding carboxylic acids is 3. The third-order valence-electron chi connectivity index (χ3n) is 2.52. The van der Waals surface area contributed by atoms with Gasteiger partial charge in [0, 0.05) is 6.42 Å². The van der Waals surface area contributed by atoms with Crippen molar-refractivity contribution in [2.24, 2.45) is 0 Å². The first-order chi connectivity index (χ1) is 11.4. The van der Waals surface area contributed by atoms with Crippen LogP contribution in [-0.2, 0) is 34.0 Å². The molecule has 0 N–H and O–H groups in total. The Labute approximate surface area is 138 Å². The van der Waals surface area contributed by atoms with E-state index in [1.165, 1.54) is 0 Å². The van der Waals surface area contributed by atoms with E-state index in [2.05, 4.69) is 14.2 Å². The van der Waals surface area contributed by atoms with Gasteiger partial charge in [-0.15, -0.1) is 4.39 Å². The van der Waals surface area contributed by atoms with Crippen LogP contribution >= 0.6 is 0 Å². The maximum absolute atomic E-state index is 13.0. The molecule has 0 aliphatic carbocycles. The molecule has 0 saturated carbocycles. The second-order valence-electron chi connectivity index (χ2n) is 4.35. The minimum Gasteiger partial charge on any atom is -0.464 e. The molecule has 0 aromatic rings. The van der Waals surface area contributed by atoms with Gasteiger partial charge in [-0.05, 0) is 12.8 Å². The molecule has 0 bridgehead atoms. The number of carbonyl (C=O) groups is 3. The van der Waals surface area contributed by atoms with Gasteiger partial charge in [-0.1, -0.05) is 3.89 Å². The number of esters is 2. The molecule has 1 unspecified atom stereocenters. The normalized spacial score (nSPS) is 13.0. The average molecular weight is 400 g/mol. The lowest BCUT2D eigenvalue weighted by Gasteiger charge is -2.19. The fourth-order valence-corrected chi connectivity index (χ4v) is 1.64. The summed E-state index contributed by atoms with van der Waals surface area (Å²) in [4.78, 5) is 31.6. The zero-order chi connectivity index (χ0) is 19.7. The van der Waals surface area contributed by atoms with Crippen LogP contribution in [0.1, 0.15) is 19.3 Å². The number of alkyl halides is 3. The monoisotopic (exact) mass is 400 g/mol. The van der Waals surface area contributed by atoms with E-state index in [0.29, 0.717) is 0 Å². The van der Waals surface area contributed by atoms with Gasteiger partial charge in [0.25, 0.3) is 0 Å². The smallest absolute Gasteiger partial charge is 0.464 e. The highest BCUT2D eigenvalue weighted by molar-refractivity contribution is 7.88. The Morgan fingerprint density at radius 1 is 1.04 bits per heavy atom. The van der Waals surface area contributed by atoms with Crippen LogP contribution in [0.3, 0.4) is 0 Å². The van der Waals surface area contributed by atoms with E-state index in [9.17, 15) is 44.2 Å². The summed E-state index contributed by atoms with van der Waals surface area (Å²) in [5.41, 5.74) is 0. The second-order valence-corrected chi connectivity index (χ2v) is 5.74.